The minimum Gasteiger partial charge on any atom is -0.495 e. The lowest BCUT2D eigenvalue weighted by Gasteiger charge is -2.09. The van der Waals surface area contributed by atoms with Gasteiger partial charge in [0.15, 0.2) is 0 Å². The van der Waals surface area contributed by atoms with Crippen molar-refractivity contribution in [3.63, 3.8) is 0 Å². The Balaban J connectivity index is 1.90. The first-order valence-corrected chi connectivity index (χ1v) is 9.66. The number of rotatable bonds is 5. The standard InChI is InChI=1S/C17H16BrN3O3S/c1-11(15-9-12-5-3-4-6-14(12)19-15)20-21-25(22,23)17-10-13(18)7-8-16(17)24-2/h3-10,19,21H,1-2H3/b20-11+. The molecule has 0 atom stereocenters. The summed E-state index contributed by atoms with van der Waals surface area (Å²) in [5, 5.41) is 5.05. The van der Waals surface area contributed by atoms with Gasteiger partial charge in [0.2, 0.25) is 0 Å². The molecule has 2 N–H and O–H groups in total. The van der Waals surface area contributed by atoms with Crippen molar-refractivity contribution in [2.24, 2.45) is 5.10 Å². The summed E-state index contributed by atoms with van der Waals surface area (Å²) < 4.78 is 30.8. The molecule has 0 unspecified atom stereocenters. The zero-order valence-electron chi connectivity index (χ0n) is 13.6. The molecule has 6 nitrogen and oxygen atoms in total. The highest BCUT2D eigenvalue weighted by Gasteiger charge is 2.19. The molecule has 0 bridgehead atoms. The van der Waals surface area contributed by atoms with Crippen LogP contribution in [0.2, 0.25) is 0 Å². The van der Waals surface area contributed by atoms with Gasteiger partial charge in [-0.2, -0.15) is 18.4 Å². The van der Waals surface area contributed by atoms with Crippen LogP contribution >= 0.6 is 15.9 Å². The molecule has 2 aromatic carbocycles. The fraction of sp³-hybridized carbons (Fsp3) is 0.118. The molecule has 0 saturated heterocycles. The third-order valence-electron chi connectivity index (χ3n) is 3.67. The van der Waals surface area contributed by atoms with Crippen LogP contribution in [0, 0.1) is 0 Å². The molecule has 0 aliphatic rings. The summed E-state index contributed by atoms with van der Waals surface area (Å²) in [5.74, 6) is 0.245. The van der Waals surface area contributed by atoms with Gasteiger partial charge in [-0.1, -0.05) is 34.1 Å². The first kappa shape index (κ1) is 17.5. The van der Waals surface area contributed by atoms with E-state index in [1.54, 1.807) is 19.1 Å². The van der Waals surface area contributed by atoms with Gasteiger partial charge in [-0.3, -0.25) is 0 Å². The summed E-state index contributed by atoms with van der Waals surface area (Å²) in [4.78, 5) is 5.48. The van der Waals surface area contributed by atoms with Crippen LogP contribution in [0.4, 0.5) is 0 Å². The second-order valence-electron chi connectivity index (χ2n) is 5.36. The van der Waals surface area contributed by atoms with Crippen molar-refractivity contribution < 1.29 is 13.2 Å². The largest absolute Gasteiger partial charge is 0.495 e. The van der Waals surface area contributed by atoms with Crippen molar-refractivity contribution in [3.05, 3.63) is 58.7 Å². The number of hydrazone groups is 1. The van der Waals surface area contributed by atoms with E-state index in [-0.39, 0.29) is 10.6 Å². The van der Waals surface area contributed by atoms with Gasteiger partial charge in [-0.15, -0.1) is 0 Å². The number of nitrogens with zero attached hydrogens (tertiary/aromatic N) is 1. The Labute approximate surface area is 154 Å². The second-order valence-corrected chi connectivity index (χ2v) is 7.90. The Bertz CT molecular complexity index is 1020. The number of para-hydroxylation sites is 1. The number of benzene rings is 2. The van der Waals surface area contributed by atoms with E-state index in [9.17, 15) is 8.42 Å². The maximum Gasteiger partial charge on any atom is 0.280 e. The lowest BCUT2D eigenvalue weighted by Crippen LogP contribution is -2.20. The van der Waals surface area contributed by atoms with Crippen LogP contribution in [-0.2, 0) is 10.0 Å². The average molecular weight is 422 g/mol. The summed E-state index contributed by atoms with van der Waals surface area (Å²) in [6.45, 7) is 1.73. The monoisotopic (exact) mass is 421 g/mol. The summed E-state index contributed by atoms with van der Waals surface area (Å²) in [5.41, 5.74) is 2.22. The Hall–Kier alpha value is -2.32. The summed E-state index contributed by atoms with van der Waals surface area (Å²) >= 11 is 3.27. The van der Waals surface area contributed by atoms with E-state index in [2.05, 4.69) is 30.8 Å². The SMILES string of the molecule is COc1ccc(Br)cc1S(=O)(=O)N/N=C(\C)c1cc2ccccc2[nH]1. The molecule has 0 aliphatic carbocycles. The number of fused-ring (bicyclic) bond motifs is 1. The molecular weight excluding hydrogens is 406 g/mol. The third kappa shape index (κ3) is 3.69. The number of ether oxygens (including phenoxy) is 1. The molecule has 0 amide bonds. The number of halogens is 1. The zero-order chi connectivity index (χ0) is 18.0. The molecular formula is C17H16BrN3O3S. The maximum atomic E-state index is 12.5. The number of aromatic amines is 1. The van der Waals surface area contributed by atoms with Crippen LogP contribution in [0.25, 0.3) is 10.9 Å². The number of H-pyrrole nitrogens is 1. The fourth-order valence-corrected chi connectivity index (χ4v) is 3.93. The molecule has 0 spiro atoms. The van der Waals surface area contributed by atoms with E-state index in [1.807, 2.05) is 30.3 Å². The first-order valence-electron chi connectivity index (χ1n) is 7.38. The predicted octanol–water partition coefficient (Wildman–Crippen LogP) is 3.64. The lowest BCUT2D eigenvalue weighted by atomic mass is 10.2. The molecule has 3 rings (SSSR count). The second kappa shape index (κ2) is 6.89. The minimum atomic E-state index is -3.87. The molecule has 1 heterocycles. The van der Waals surface area contributed by atoms with Crippen molar-refractivity contribution in [3.8, 4) is 5.75 Å². The first-order chi connectivity index (χ1) is 11.9. The highest BCUT2D eigenvalue weighted by molar-refractivity contribution is 9.10. The highest BCUT2D eigenvalue weighted by Crippen LogP contribution is 2.27. The van der Waals surface area contributed by atoms with Crippen LogP contribution in [0.5, 0.6) is 5.75 Å². The van der Waals surface area contributed by atoms with Gasteiger partial charge in [0.25, 0.3) is 10.0 Å². The van der Waals surface area contributed by atoms with Gasteiger partial charge < -0.3 is 9.72 Å². The topological polar surface area (TPSA) is 83.6 Å². The minimum absolute atomic E-state index is 0.0116. The van der Waals surface area contributed by atoms with Crippen LogP contribution in [0.1, 0.15) is 12.6 Å². The molecule has 3 aromatic rings. The predicted molar refractivity (Wildman–Crippen MR) is 102 cm³/mol. The van der Waals surface area contributed by atoms with E-state index in [1.165, 1.54) is 13.2 Å². The maximum absolute atomic E-state index is 12.5. The van der Waals surface area contributed by atoms with Gasteiger partial charge >= 0.3 is 0 Å². The normalized spacial score (nSPS) is 12.4. The van der Waals surface area contributed by atoms with Crippen molar-refractivity contribution in [1.29, 1.82) is 0 Å². The van der Waals surface area contributed by atoms with Crippen LogP contribution < -0.4 is 9.57 Å². The van der Waals surface area contributed by atoms with E-state index < -0.39 is 10.0 Å². The molecule has 0 saturated carbocycles. The van der Waals surface area contributed by atoms with Crippen molar-refractivity contribution >= 4 is 42.6 Å². The number of sulfonamides is 1. The zero-order valence-corrected chi connectivity index (χ0v) is 16.0. The van der Waals surface area contributed by atoms with Crippen LogP contribution in [-0.4, -0.2) is 26.2 Å². The van der Waals surface area contributed by atoms with E-state index >= 15 is 0 Å². The molecule has 1 aromatic heterocycles. The van der Waals surface area contributed by atoms with Crippen molar-refractivity contribution in [1.82, 2.24) is 9.82 Å². The smallest absolute Gasteiger partial charge is 0.280 e. The molecule has 0 aliphatic heterocycles. The quantitative estimate of drug-likeness (QED) is 0.487. The molecule has 130 valence electrons. The van der Waals surface area contributed by atoms with Gasteiger partial charge in [-0.25, -0.2) is 0 Å². The Morgan fingerprint density at radius 3 is 2.68 bits per heavy atom. The number of aromatic nitrogens is 1. The number of nitrogens with one attached hydrogen (secondary N) is 2. The van der Waals surface area contributed by atoms with E-state index in [4.69, 9.17) is 4.74 Å². The van der Waals surface area contributed by atoms with Crippen molar-refractivity contribution in [2.75, 3.05) is 7.11 Å². The fourth-order valence-electron chi connectivity index (χ4n) is 2.37. The molecule has 0 radical (unpaired) electrons. The van der Waals surface area contributed by atoms with Gasteiger partial charge in [0.05, 0.1) is 18.5 Å². The van der Waals surface area contributed by atoms with Gasteiger partial charge in [0.1, 0.15) is 10.6 Å². The van der Waals surface area contributed by atoms with E-state index in [0.717, 1.165) is 16.6 Å². The lowest BCUT2D eigenvalue weighted by molar-refractivity contribution is 0.402. The van der Waals surface area contributed by atoms with E-state index in [0.29, 0.717) is 10.2 Å². The van der Waals surface area contributed by atoms with Crippen LogP contribution in [0.3, 0.4) is 0 Å². The van der Waals surface area contributed by atoms with Crippen LogP contribution in [0.15, 0.2) is 63.0 Å². The summed E-state index contributed by atoms with van der Waals surface area (Å²) in [6.07, 6.45) is 0. The number of hydrogen-bond donors (Lipinski definition) is 2. The average Bonchev–Trinajstić information content (AvgIpc) is 3.04. The highest BCUT2D eigenvalue weighted by atomic mass is 79.9. The summed E-state index contributed by atoms with van der Waals surface area (Å²) in [7, 11) is -2.45. The number of hydrogen-bond acceptors (Lipinski definition) is 4. The molecule has 0 fully saturated rings. The Kier molecular flexibility index (Phi) is 4.82. The Morgan fingerprint density at radius 2 is 1.96 bits per heavy atom. The summed E-state index contributed by atoms with van der Waals surface area (Å²) in [6, 6.07) is 14.5. The van der Waals surface area contributed by atoms with Crippen molar-refractivity contribution in [2.45, 2.75) is 11.8 Å². The Morgan fingerprint density at radius 1 is 1.20 bits per heavy atom. The molecule has 8 heteroatoms. The number of methoxy groups -OCH3 is 1. The van der Waals surface area contributed by atoms with Gasteiger partial charge in [0, 0.05) is 15.4 Å². The van der Waals surface area contributed by atoms with Gasteiger partial charge in [-0.05, 0) is 37.3 Å². The molecule has 25 heavy (non-hydrogen) atoms. The third-order valence-corrected chi connectivity index (χ3v) is 5.39.